The average molecular weight is 737 g/mol. The Morgan fingerprint density at radius 1 is 0.654 bits per heavy atom. The summed E-state index contributed by atoms with van der Waals surface area (Å²) >= 11 is -2.38. The van der Waals surface area contributed by atoms with Crippen LogP contribution in [0.3, 0.4) is 0 Å². The fourth-order valence-corrected chi connectivity index (χ4v) is 11.8. The normalized spacial score (nSPS) is 17.7. The van der Waals surface area contributed by atoms with Crippen LogP contribution < -0.4 is 13.5 Å². The summed E-state index contributed by atoms with van der Waals surface area (Å²) in [6.07, 6.45) is 4.17. The van der Waals surface area contributed by atoms with Crippen molar-refractivity contribution in [3.8, 4) is 22.5 Å². The van der Waals surface area contributed by atoms with E-state index in [0.29, 0.717) is 5.56 Å². The van der Waals surface area contributed by atoms with E-state index in [1.54, 1.807) is 13.8 Å². The van der Waals surface area contributed by atoms with E-state index >= 15 is 0 Å². The first-order valence-corrected chi connectivity index (χ1v) is 25.5. The van der Waals surface area contributed by atoms with Crippen LogP contribution in [0.5, 0.6) is 0 Å². The Labute approximate surface area is 311 Å². The molecule has 0 fully saturated rings. The molecule has 1 atom stereocenters. The van der Waals surface area contributed by atoms with E-state index in [1.165, 1.54) is 31.3 Å². The third-order valence-electron chi connectivity index (χ3n) is 11.9. The molecule has 0 saturated heterocycles. The fraction of sp³-hybridized carbons (Fsp3) is 0.167. The second-order valence-electron chi connectivity index (χ2n) is 15.9. The van der Waals surface area contributed by atoms with Gasteiger partial charge in [0.1, 0.15) is 0 Å². The first-order chi connectivity index (χ1) is 26.7. The molecule has 0 aliphatic carbocycles. The van der Waals surface area contributed by atoms with E-state index < -0.39 is 31.7 Å². The number of nitrogens with zero attached hydrogens (tertiary/aromatic N) is 2. The molecule has 11 rings (SSSR count). The Kier molecular flexibility index (Phi) is 5.20. The van der Waals surface area contributed by atoms with E-state index in [-0.39, 0.29) is 5.56 Å². The van der Waals surface area contributed by atoms with E-state index in [0.717, 1.165) is 61.0 Å². The topological polar surface area (TPSA) is 20.9 Å². The van der Waals surface area contributed by atoms with Gasteiger partial charge in [0.2, 0.25) is 0 Å². The Hall–Kier alpha value is -5.26. The SMILES string of the molecule is [2H]C([2H])([2H])c1c[n+]2c(cc1C([2H])(C)C)-c1c(ccc3c1oc1ccc4c5ccccc5c5ccccc5c4c13)C21c2ccccc2-c2cc[c]([Ge]([CH3])([CH3])[CH3])c[n+]21. The molecule has 6 aromatic carbocycles. The molecule has 1 spiro atoms. The third-order valence-corrected chi connectivity index (χ3v) is 16.1. The molecule has 250 valence electrons. The summed E-state index contributed by atoms with van der Waals surface area (Å²) in [6.45, 7) is 1.11. The van der Waals surface area contributed by atoms with Gasteiger partial charge < -0.3 is 0 Å². The van der Waals surface area contributed by atoms with Crippen LogP contribution in [0.25, 0.3) is 76.8 Å². The van der Waals surface area contributed by atoms with Crippen LogP contribution in [0.15, 0.2) is 132 Å². The summed E-state index contributed by atoms with van der Waals surface area (Å²) < 4.78 is 48.8. The monoisotopic (exact) mass is 738 g/mol. The van der Waals surface area contributed by atoms with Crippen molar-refractivity contribution >= 4 is 71.9 Å². The van der Waals surface area contributed by atoms with Crippen molar-refractivity contribution in [3.63, 3.8) is 0 Å². The summed E-state index contributed by atoms with van der Waals surface area (Å²) in [7, 11) is 0. The van der Waals surface area contributed by atoms with Gasteiger partial charge in [0.15, 0.2) is 0 Å². The zero-order valence-corrected chi connectivity index (χ0v) is 32.0. The van der Waals surface area contributed by atoms with Crippen LogP contribution in [0.4, 0.5) is 0 Å². The summed E-state index contributed by atoms with van der Waals surface area (Å²) in [6, 6.07) is 41.1. The predicted molar refractivity (Wildman–Crippen MR) is 217 cm³/mol. The predicted octanol–water partition coefficient (Wildman–Crippen LogP) is 10.9. The van der Waals surface area contributed by atoms with Crippen LogP contribution in [0.2, 0.25) is 17.3 Å². The number of aryl methyl sites for hydroxylation is 1. The van der Waals surface area contributed by atoms with Crippen LogP contribution >= 0.6 is 0 Å². The Balaban J connectivity index is 1.36. The molecule has 1 unspecified atom stereocenters. The third kappa shape index (κ3) is 3.67. The first kappa shape index (κ1) is 26.5. The van der Waals surface area contributed by atoms with Crippen molar-refractivity contribution in [1.29, 1.82) is 0 Å². The molecular formula is C48H40GeN2O+2. The molecule has 52 heavy (non-hydrogen) atoms. The van der Waals surface area contributed by atoms with Gasteiger partial charge in [-0.25, -0.2) is 0 Å². The van der Waals surface area contributed by atoms with Gasteiger partial charge in [0.25, 0.3) is 0 Å². The first-order valence-electron chi connectivity index (χ1n) is 20.2. The van der Waals surface area contributed by atoms with Gasteiger partial charge in [-0.1, -0.05) is 42.5 Å². The summed E-state index contributed by atoms with van der Waals surface area (Å²) in [5, 5.41) is 9.22. The van der Waals surface area contributed by atoms with Crippen LogP contribution in [0, 0.1) is 6.85 Å². The van der Waals surface area contributed by atoms with Gasteiger partial charge in [-0.05, 0) is 5.39 Å². The summed E-state index contributed by atoms with van der Waals surface area (Å²) in [5.41, 5.74) is 7.36. The Morgan fingerprint density at radius 3 is 2.04 bits per heavy atom. The number of furan rings is 1. The fourth-order valence-electron chi connectivity index (χ4n) is 9.52. The molecule has 2 aliphatic heterocycles. The zero-order chi connectivity index (χ0) is 38.7. The number of pyridine rings is 2. The van der Waals surface area contributed by atoms with Gasteiger partial charge >= 0.3 is 265 Å². The molecule has 5 heterocycles. The van der Waals surface area contributed by atoms with E-state index in [1.807, 2.05) is 12.3 Å². The minimum absolute atomic E-state index is 0.190. The molecule has 0 saturated carbocycles. The molecule has 0 N–H and O–H groups in total. The van der Waals surface area contributed by atoms with Crippen molar-refractivity contribution in [1.82, 2.24) is 0 Å². The van der Waals surface area contributed by atoms with Gasteiger partial charge in [0.05, 0.1) is 0 Å². The quantitative estimate of drug-likeness (QED) is 0.0983. The molecule has 3 nitrogen and oxygen atoms in total. The molecular weight excluding hydrogens is 693 g/mol. The maximum atomic E-state index is 9.27. The Morgan fingerprint density at radius 2 is 1.31 bits per heavy atom. The number of hydrogen-bond donors (Lipinski definition) is 0. The molecule has 9 aromatic rings. The van der Waals surface area contributed by atoms with Gasteiger partial charge in [-0.3, -0.25) is 0 Å². The van der Waals surface area contributed by atoms with E-state index in [2.05, 4.69) is 142 Å². The van der Waals surface area contributed by atoms with Crippen molar-refractivity contribution in [2.45, 2.75) is 49.5 Å². The van der Waals surface area contributed by atoms with Gasteiger partial charge in [0, 0.05) is 0 Å². The minimum atomic E-state index is -2.45. The van der Waals surface area contributed by atoms with E-state index in [9.17, 15) is 1.37 Å². The molecule has 0 bridgehead atoms. The van der Waals surface area contributed by atoms with Crippen LogP contribution in [-0.2, 0) is 5.66 Å². The van der Waals surface area contributed by atoms with Gasteiger partial charge in [-0.2, -0.15) is 0 Å². The molecule has 4 heteroatoms. The molecule has 0 amide bonds. The standard InChI is InChI=1S/C48H40GeN2O/c1-28(2)38-25-42-46-40(48(50(42)26-29(38)3)39-18-12-11-17-36(39)41-23-19-30(27-51(41)48)49(4,5)6)22-20-37-45-43(52-47(37)46)24-21-35-33-15-8-7-13-31(33)32-14-9-10-16-34(32)44(35)45/h7-28H,1-6H3/q+2/i3D3,28D. The Bertz CT molecular complexity index is 3190. The molecule has 3 aromatic heterocycles. The van der Waals surface area contributed by atoms with E-state index in [4.69, 9.17) is 8.53 Å². The summed E-state index contributed by atoms with van der Waals surface area (Å²) in [5.74, 6) is 6.04. The van der Waals surface area contributed by atoms with Crippen LogP contribution in [-0.4, -0.2) is 13.3 Å². The molecule has 2 aliphatic rings. The summed E-state index contributed by atoms with van der Waals surface area (Å²) in [4.78, 5) is 0. The maximum absolute atomic E-state index is 9.27. The number of fused-ring (bicyclic) bond motifs is 21. The second-order valence-corrected chi connectivity index (χ2v) is 26.6. The van der Waals surface area contributed by atoms with Crippen molar-refractivity contribution in [2.24, 2.45) is 0 Å². The van der Waals surface area contributed by atoms with Gasteiger partial charge in [-0.15, -0.1) is 0 Å². The zero-order valence-electron chi connectivity index (χ0n) is 33.9. The number of benzene rings is 6. The van der Waals surface area contributed by atoms with Crippen molar-refractivity contribution < 1.29 is 19.0 Å². The number of rotatable bonds is 2. The van der Waals surface area contributed by atoms with Crippen molar-refractivity contribution in [3.05, 3.63) is 150 Å². The number of hydrogen-bond acceptors (Lipinski definition) is 1. The molecule has 0 radical (unpaired) electrons. The average Bonchev–Trinajstić information content (AvgIpc) is 3.80. The van der Waals surface area contributed by atoms with Crippen LogP contribution in [0.1, 0.15) is 47.5 Å². The number of aromatic nitrogens is 2. The second kappa shape index (κ2) is 10.2. The van der Waals surface area contributed by atoms with Crippen molar-refractivity contribution in [2.75, 3.05) is 0 Å².